The molecular formula is C17H22ClN5O. The topological polar surface area (TPSA) is 70.2 Å². The minimum absolute atomic E-state index is 0.303. The van der Waals surface area contributed by atoms with E-state index >= 15 is 0 Å². The SMILES string of the molecule is Cc1cc(C(=O)Nc2ccccc2Cl)nc(NCCCN(C)C)n1. The van der Waals surface area contributed by atoms with Crippen molar-refractivity contribution >= 4 is 29.1 Å². The highest BCUT2D eigenvalue weighted by Gasteiger charge is 2.12. The van der Waals surface area contributed by atoms with Crippen LogP contribution in [-0.2, 0) is 0 Å². The second kappa shape index (κ2) is 8.61. The zero-order valence-electron chi connectivity index (χ0n) is 14.1. The van der Waals surface area contributed by atoms with Crippen LogP contribution in [0.5, 0.6) is 0 Å². The number of nitrogens with one attached hydrogen (secondary N) is 2. The molecule has 24 heavy (non-hydrogen) atoms. The van der Waals surface area contributed by atoms with Crippen molar-refractivity contribution in [2.45, 2.75) is 13.3 Å². The molecule has 1 heterocycles. The van der Waals surface area contributed by atoms with E-state index in [1.54, 1.807) is 18.2 Å². The van der Waals surface area contributed by atoms with Gasteiger partial charge in [0, 0.05) is 12.2 Å². The first-order chi connectivity index (χ1) is 11.5. The first kappa shape index (κ1) is 18.2. The molecule has 2 aromatic rings. The highest BCUT2D eigenvalue weighted by Crippen LogP contribution is 2.21. The van der Waals surface area contributed by atoms with Gasteiger partial charge in [0.25, 0.3) is 5.91 Å². The average Bonchev–Trinajstić information content (AvgIpc) is 2.53. The number of carbonyl (C=O) groups is 1. The third kappa shape index (κ3) is 5.47. The van der Waals surface area contributed by atoms with Crippen LogP contribution in [0.1, 0.15) is 22.6 Å². The fourth-order valence-corrected chi connectivity index (χ4v) is 2.29. The van der Waals surface area contributed by atoms with Gasteiger partial charge in [0.15, 0.2) is 0 Å². The van der Waals surface area contributed by atoms with Gasteiger partial charge in [0.1, 0.15) is 5.69 Å². The summed E-state index contributed by atoms with van der Waals surface area (Å²) in [4.78, 5) is 23.1. The lowest BCUT2D eigenvalue weighted by molar-refractivity contribution is 0.102. The van der Waals surface area contributed by atoms with Gasteiger partial charge in [0.2, 0.25) is 5.95 Å². The number of aryl methyl sites for hydroxylation is 1. The Morgan fingerprint density at radius 1 is 1.25 bits per heavy atom. The third-order valence-corrected chi connectivity index (χ3v) is 3.60. The Balaban J connectivity index is 2.04. The monoisotopic (exact) mass is 347 g/mol. The molecule has 0 saturated carbocycles. The molecule has 1 amide bonds. The van der Waals surface area contributed by atoms with Gasteiger partial charge in [-0.15, -0.1) is 0 Å². The average molecular weight is 348 g/mol. The van der Waals surface area contributed by atoms with E-state index in [-0.39, 0.29) is 5.91 Å². The van der Waals surface area contributed by atoms with Crippen LogP contribution < -0.4 is 10.6 Å². The maximum absolute atomic E-state index is 12.4. The Hall–Kier alpha value is -2.18. The second-order valence-electron chi connectivity index (χ2n) is 5.74. The fraction of sp³-hybridized carbons (Fsp3) is 0.353. The van der Waals surface area contributed by atoms with E-state index in [0.29, 0.717) is 22.4 Å². The minimum atomic E-state index is -0.315. The number of rotatable bonds is 7. The van der Waals surface area contributed by atoms with Crippen molar-refractivity contribution in [2.75, 3.05) is 37.8 Å². The molecule has 128 valence electrons. The minimum Gasteiger partial charge on any atom is -0.354 e. The van der Waals surface area contributed by atoms with Gasteiger partial charge < -0.3 is 15.5 Å². The summed E-state index contributed by atoms with van der Waals surface area (Å²) in [5, 5.41) is 6.41. The van der Waals surface area contributed by atoms with Gasteiger partial charge in [-0.25, -0.2) is 9.97 Å². The molecule has 0 aliphatic rings. The number of anilines is 2. The van der Waals surface area contributed by atoms with Crippen LogP contribution in [0.3, 0.4) is 0 Å². The molecule has 0 bridgehead atoms. The van der Waals surface area contributed by atoms with Gasteiger partial charge in [0.05, 0.1) is 10.7 Å². The number of nitrogens with zero attached hydrogens (tertiary/aromatic N) is 3. The number of carbonyl (C=O) groups excluding carboxylic acids is 1. The van der Waals surface area contributed by atoms with Crippen LogP contribution >= 0.6 is 11.6 Å². The number of benzene rings is 1. The Morgan fingerprint density at radius 3 is 2.71 bits per heavy atom. The Bertz CT molecular complexity index is 705. The molecule has 0 unspecified atom stereocenters. The maximum Gasteiger partial charge on any atom is 0.274 e. The molecule has 1 aromatic heterocycles. The van der Waals surface area contributed by atoms with Gasteiger partial charge in [-0.1, -0.05) is 23.7 Å². The summed E-state index contributed by atoms with van der Waals surface area (Å²) in [6.07, 6.45) is 0.964. The zero-order valence-corrected chi connectivity index (χ0v) is 14.9. The molecule has 2 rings (SSSR count). The number of halogens is 1. The summed E-state index contributed by atoms with van der Waals surface area (Å²) < 4.78 is 0. The molecule has 0 radical (unpaired) electrons. The lowest BCUT2D eigenvalue weighted by Gasteiger charge is -2.11. The van der Waals surface area contributed by atoms with E-state index in [2.05, 4.69) is 25.5 Å². The number of hydrogen-bond donors (Lipinski definition) is 2. The number of aromatic nitrogens is 2. The molecule has 6 nitrogen and oxygen atoms in total. The molecule has 1 aromatic carbocycles. The predicted octanol–water partition coefficient (Wildman–Crippen LogP) is 3.05. The lowest BCUT2D eigenvalue weighted by atomic mass is 10.3. The van der Waals surface area contributed by atoms with Crippen molar-refractivity contribution in [1.29, 1.82) is 0 Å². The van der Waals surface area contributed by atoms with Crippen LogP contribution in [0.15, 0.2) is 30.3 Å². The summed E-state index contributed by atoms with van der Waals surface area (Å²) in [6.45, 7) is 3.55. The van der Waals surface area contributed by atoms with Gasteiger partial charge in [-0.3, -0.25) is 4.79 Å². The van der Waals surface area contributed by atoms with Crippen LogP contribution in [0, 0.1) is 6.92 Å². The molecule has 0 spiro atoms. The Morgan fingerprint density at radius 2 is 2.00 bits per heavy atom. The highest BCUT2D eigenvalue weighted by atomic mass is 35.5. The van der Waals surface area contributed by atoms with E-state index in [9.17, 15) is 4.79 Å². The van der Waals surface area contributed by atoms with E-state index in [1.807, 2.05) is 33.2 Å². The molecule has 0 aliphatic heterocycles. The van der Waals surface area contributed by atoms with Crippen LogP contribution in [0.25, 0.3) is 0 Å². The summed E-state index contributed by atoms with van der Waals surface area (Å²) in [7, 11) is 4.06. The predicted molar refractivity (Wildman–Crippen MR) is 97.8 cm³/mol. The summed E-state index contributed by atoms with van der Waals surface area (Å²) in [6, 6.07) is 8.74. The van der Waals surface area contributed by atoms with E-state index in [4.69, 9.17) is 11.6 Å². The smallest absolute Gasteiger partial charge is 0.274 e. The lowest BCUT2D eigenvalue weighted by Crippen LogP contribution is -2.19. The van der Waals surface area contributed by atoms with Crippen molar-refractivity contribution in [1.82, 2.24) is 14.9 Å². The standard InChI is InChI=1S/C17H22ClN5O/c1-12-11-15(16(24)21-14-8-5-4-7-13(14)18)22-17(20-12)19-9-6-10-23(2)3/h4-5,7-8,11H,6,9-10H2,1-3H3,(H,21,24)(H,19,20,22). The van der Waals surface area contributed by atoms with E-state index in [0.717, 1.165) is 25.2 Å². The number of hydrogen-bond acceptors (Lipinski definition) is 5. The van der Waals surface area contributed by atoms with Crippen molar-refractivity contribution in [3.8, 4) is 0 Å². The third-order valence-electron chi connectivity index (χ3n) is 3.27. The normalized spacial score (nSPS) is 10.7. The molecular weight excluding hydrogens is 326 g/mol. The Labute approximate surface area is 147 Å². The summed E-state index contributed by atoms with van der Waals surface area (Å²) >= 11 is 6.06. The van der Waals surface area contributed by atoms with E-state index < -0.39 is 0 Å². The van der Waals surface area contributed by atoms with Gasteiger partial charge in [-0.2, -0.15) is 0 Å². The fourth-order valence-electron chi connectivity index (χ4n) is 2.11. The molecule has 7 heteroatoms. The van der Waals surface area contributed by atoms with Crippen molar-refractivity contribution < 1.29 is 4.79 Å². The molecule has 0 atom stereocenters. The number of para-hydroxylation sites is 1. The zero-order chi connectivity index (χ0) is 17.5. The molecule has 0 aliphatic carbocycles. The first-order valence-corrected chi connectivity index (χ1v) is 8.13. The van der Waals surface area contributed by atoms with Gasteiger partial charge >= 0.3 is 0 Å². The number of amides is 1. The quantitative estimate of drug-likeness (QED) is 0.753. The molecule has 0 saturated heterocycles. The van der Waals surface area contributed by atoms with E-state index in [1.165, 1.54) is 0 Å². The van der Waals surface area contributed by atoms with Crippen LogP contribution in [-0.4, -0.2) is 48.0 Å². The maximum atomic E-state index is 12.4. The summed E-state index contributed by atoms with van der Waals surface area (Å²) in [5.74, 6) is 0.142. The Kier molecular flexibility index (Phi) is 6.52. The summed E-state index contributed by atoms with van der Waals surface area (Å²) in [5.41, 5.74) is 1.59. The van der Waals surface area contributed by atoms with Crippen molar-refractivity contribution in [2.24, 2.45) is 0 Å². The van der Waals surface area contributed by atoms with Crippen molar-refractivity contribution in [3.63, 3.8) is 0 Å². The molecule has 0 fully saturated rings. The van der Waals surface area contributed by atoms with Gasteiger partial charge in [-0.05, 0) is 52.2 Å². The first-order valence-electron chi connectivity index (χ1n) is 7.76. The van der Waals surface area contributed by atoms with Crippen molar-refractivity contribution in [3.05, 3.63) is 46.7 Å². The largest absolute Gasteiger partial charge is 0.354 e. The van der Waals surface area contributed by atoms with Crippen LogP contribution in [0.2, 0.25) is 5.02 Å². The van der Waals surface area contributed by atoms with Crippen LogP contribution in [0.4, 0.5) is 11.6 Å². The molecule has 2 N–H and O–H groups in total. The highest BCUT2D eigenvalue weighted by molar-refractivity contribution is 6.33. The second-order valence-corrected chi connectivity index (χ2v) is 6.14.